The molecule has 0 unspecified atom stereocenters. The van der Waals surface area contributed by atoms with Crippen LogP contribution >= 0.6 is 11.6 Å². The van der Waals surface area contributed by atoms with Crippen molar-refractivity contribution in [1.29, 1.82) is 0 Å². The molecule has 0 saturated heterocycles. The molecule has 0 bridgehead atoms. The van der Waals surface area contributed by atoms with Crippen molar-refractivity contribution in [3.05, 3.63) is 28.5 Å². The Bertz CT molecular complexity index is 404. The first-order valence-corrected chi connectivity index (χ1v) is 4.93. The lowest BCUT2D eigenvalue weighted by atomic mass is 9.81. The molecule has 0 aromatic carbocycles. The van der Waals surface area contributed by atoms with E-state index in [0.717, 1.165) is 0 Å². The maximum Gasteiger partial charge on any atom is 0.318 e. The summed E-state index contributed by atoms with van der Waals surface area (Å²) in [4.78, 5) is 14.9. The van der Waals surface area contributed by atoms with Crippen molar-refractivity contribution >= 4 is 17.6 Å². The Labute approximate surface area is 97.3 Å². The van der Waals surface area contributed by atoms with E-state index >= 15 is 0 Å². The molecule has 1 rings (SSSR count). The molecule has 16 heavy (non-hydrogen) atoms. The van der Waals surface area contributed by atoms with Gasteiger partial charge in [-0.15, -0.1) is 0 Å². The number of hydrogen-bond acceptors (Lipinski definition) is 4. The van der Waals surface area contributed by atoms with E-state index in [4.69, 9.17) is 16.7 Å². The molecule has 0 aliphatic heterocycles. The van der Waals surface area contributed by atoms with Crippen molar-refractivity contribution in [1.82, 2.24) is 4.98 Å². The first kappa shape index (κ1) is 12.9. The van der Waals surface area contributed by atoms with Gasteiger partial charge in [0.25, 0.3) is 0 Å². The number of carboxylic acid groups (broad SMARTS) is 1. The highest BCUT2D eigenvalue weighted by atomic mass is 35.5. The van der Waals surface area contributed by atoms with E-state index in [1.807, 2.05) is 0 Å². The highest BCUT2D eigenvalue weighted by Crippen LogP contribution is 2.27. The average molecular weight is 246 g/mol. The number of aliphatic hydroxyl groups excluding tert-OH is 2. The van der Waals surface area contributed by atoms with Crippen molar-refractivity contribution in [3.63, 3.8) is 0 Å². The number of pyridine rings is 1. The third-order valence-electron chi connectivity index (χ3n) is 2.54. The molecular formula is C10H12ClNO4. The summed E-state index contributed by atoms with van der Waals surface area (Å²) in [5, 5.41) is 27.7. The lowest BCUT2D eigenvalue weighted by molar-refractivity contribution is -0.147. The van der Waals surface area contributed by atoms with E-state index in [-0.39, 0.29) is 10.7 Å². The summed E-state index contributed by atoms with van der Waals surface area (Å²) in [6, 6.07) is 1.49. The molecule has 6 heteroatoms. The van der Waals surface area contributed by atoms with Crippen molar-refractivity contribution < 1.29 is 20.1 Å². The van der Waals surface area contributed by atoms with Gasteiger partial charge in [-0.1, -0.05) is 11.6 Å². The van der Waals surface area contributed by atoms with Gasteiger partial charge in [-0.3, -0.25) is 4.79 Å². The summed E-state index contributed by atoms with van der Waals surface area (Å²) in [6.45, 7) is 0.234. The molecule has 0 spiro atoms. The molecular weight excluding hydrogens is 234 g/mol. The standard InChI is InChI=1S/C10H12ClNO4/c1-6-2-8(11)12-3-7(6)10(4-13,5-14)9(15)16/h2-3,13-14H,4-5H2,1H3,(H,15,16). The van der Waals surface area contributed by atoms with Gasteiger partial charge in [-0.05, 0) is 24.1 Å². The largest absolute Gasteiger partial charge is 0.480 e. The first-order valence-electron chi connectivity index (χ1n) is 4.55. The fourth-order valence-electron chi connectivity index (χ4n) is 1.49. The average Bonchev–Trinajstić information content (AvgIpc) is 2.22. The quantitative estimate of drug-likeness (QED) is 0.666. The number of aliphatic carboxylic acids is 1. The number of nitrogens with zero attached hydrogens (tertiary/aromatic N) is 1. The number of aromatic nitrogens is 1. The van der Waals surface area contributed by atoms with Gasteiger partial charge in [0.2, 0.25) is 0 Å². The van der Waals surface area contributed by atoms with Gasteiger partial charge in [0.05, 0.1) is 13.2 Å². The highest BCUT2D eigenvalue weighted by Gasteiger charge is 2.41. The van der Waals surface area contributed by atoms with Crippen LogP contribution in [0.25, 0.3) is 0 Å². The molecule has 0 saturated carbocycles. The van der Waals surface area contributed by atoms with Crippen LogP contribution in [0, 0.1) is 6.92 Å². The topological polar surface area (TPSA) is 90.7 Å². The Kier molecular flexibility index (Phi) is 3.85. The van der Waals surface area contributed by atoms with Gasteiger partial charge in [-0.25, -0.2) is 4.98 Å². The fourth-order valence-corrected chi connectivity index (χ4v) is 1.71. The summed E-state index contributed by atoms with van der Waals surface area (Å²) >= 11 is 5.65. The summed E-state index contributed by atoms with van der Waals surface area (Å²) in [5.41, 5.74) is -0.915. The normalized spacial score (nSPS) is 11.5. The number of aliphatic hydroxyl groups is 2. The van der Waals surface area contributed by atoms with Crippen LogP contribution in [0.3, 0.4) is 0 Å². The number of carboxylic acids is 1. The van der Waals surface area contributed by atoms with Crippen LogP contribution in [0.15, 0.2) is 12.3 Å². The molecule has 1 aromatic rings. The third-order valence-corrected chi connectivity index (χ3v) is 2.75. The minimum atomic E-state index is -1.73. The summed E-state index contributed by atoms with van der Waals surface area (Å²) in [6.07, 6.45) is 1.26. The molecule has 3 N–H and O–H groups in total. The Morgan fingerprint density at radius 2 is 2.06 bits per heavy atom. The van der Waals surface area contributed by atoms with Crippen LogP contribution in [0.2, 0.25) is 5.15 Å². The molecule has 0 aliphatic rings. The van der Waals surface area contributed by atoms with Gasteiger partial charge < -0.3 is 15.3 Å². The zero-order valence-corrected chi connectivity index (χ0v) is 9.40. The van der Waals surface area contributed by atoms with Crippen LogP contribution < -0.4 is 0 Å². The van der Waals surface area contributed by atoms with E-state index < -0.39 is 24.6 Å². The molecule has 1 aromatic heterocycles. The molecule has 5 nitrogen and oxygen atoms in total. The number of rotatable bonds is 4. The zero-order chi connectivity index (χ0) is 12.3. The van der Waals surface area contributed by atoms with E-state index in [1.165, 1.54) is 12.3 Å². The second-order valence-electron chi connectivity index (χ2n) is 3.53. The second-order valence-corrected chi connectivity index (χ2v) is 3.91. The monoisotopic (exact) mass is 245 g/mol. The molecule has 0 atom stereocenters. The SMILES string of the molecule is Cc1cc(Cl)ncc1C(CO)(CO)C(=O)O. The van der Waals surface area contributed by atoms with Crippen LogP contribution in [0.4, 0.5) is 0 Å². The lowest BCUT2D eigenvalue weighted by Crippen LogP contribution is -2.43. The van der Waals surface area contributed by atoms with Crippen molar-refractivity contribution in [2.45, 2.75) is 12.3 Å². The lowest BCUT2D eigenvalue weighted by Gasteiger charge is -2.26. The van der Waals surface area contributed by atoms with E-state index in [0.29, 0.717) is 5.56 Å². The first-order chi connectivity index (χ1) is 7.47. The van der Waals surface area contributed by atoms with Gasteiger partial charge in [0.15, 0.2) is 0 Å². The number of aryl methyl sites for hydroxylation is 1. The molecule has 0 aliphatic carbocycles. The van der Waals surface area contributed by atoms with Gasteiger partial charge in [0.1, 0.15) is 10.6 Å². The highest BCUT2D eigenvalue weighted by molar-refractivity contribution is 6.29. The number of halogens is 1. The van der Waals surface area contributed by atoms with Crippen molar-refractivity contribution in [2.24, 2.45) is 0 Å². The van der Waals surface area contributed by atoms with Gasteiger partial charge >= 0.3 is 5.97 Å². The molecule has 0 fully saturated rings. The summed E-state index contributed by atoms with van der Waals surface area (Å²) in [7, 11) is 0. The fraction of sp³-hybridized carbons (Fsp3) is 0.400. The van der Waals surface area contributed by atoms with E-state index in [2.05, 4.69) is 4.98 Å². The predicted molar refractivity (Wildman–Crippen MR) is 57.5 cm³/mol. The van der Waals surface area contributed by atoms with E-state index in [1.54, 1.807) is 6.92 Å². The second kappa shape index (κ2) is 4.78. The molecule has 0 radical (unpaired) electrons. The van der Waals surface area contributed by atoms with Crippen molar-refractivity contribution in [2.75, 3.05) is 13.2 Å². The Hall–Kier alpha value is -1.17. The molecule has 1 heterocycles. The Balaban J connectivity index is 3.37. The minimum absolute atomic E-state index is 0.233. The zero-order valence-electron chi connectivity index (χ0n) is 8.64. The molecule has 0 amide bonds. The smallest absolute Gasteiger partial charge is 0.318 e. The van der Waals surface area contributed by atoms with Crippen LogP contribution in [-0.2, 0) is 10.2 Å². The van der Waals surface area contributed by atoms with Crippen molar-refractivity contribution in [3.8, 4) is 0 Å². The summed E-state index contributed by atoms with van der Waals surface area (Å²) < 4.78 is 0. The maximum absolute atomic E-state index is 11.1. The van der Waals surface area contributed by atoms with E-state index in [9.17, 15) is 15.0 Å². The molecule has 88 valence electrons. The minimum Gasteiger partial charge on any atom is -0.480 e. The van der Waals surface area contributed by atoms with Crippen LogP contribution in [0.5, 0.6) is 0 Å². The number of carbonyl (C=O) groups is 1. The van der Waals surface area contributed by atoms with Crippen LogP contribution in [0.1, 0.15) is 11.1 Å². The maximum atomic E-state index is 11.1. The van der Waals surface area contributed by atoms with Gasteiger partial charge in [-0.2, -0.15) is 0 Å². The predicted octanol–water partition coefficient (Wildman–Crippen LogP) is 0.350. The Morgan fingerprint density at radius 3 is 2.44 bits per heavy atom. The summed E-state index contributed by atoms with van der Waals surface area (Å²) in [5.74, 6) is -1.30. The Morgan fingerprint density at radius 1 is 1.50 bits per heavy atom. The third kappa shape index (κ3) is 2.02. The van der Waals surface area contributed by atoms with Crippen LogP contribution in [-0.4, -0.2) is 39.5 Å². The van der Waals surface area contributed by atoms with Gasteiger partial charge in [0, 0.05) is 6.20 Å². The number of hydrogen-bond donors (Lipinski definition) is 3.